The Balaban J connectivity index is 1.64. The predicted octanol–water partition coefficient (Wildman–Crippen LogP) is 3.97. The molecule has 0 saturated carbocycles. The average molecular weight is 393 g/mol. The molecule has 0 aromatic heterocycles. The first-order valence-corrected chi connectivity index (χ1v) is 9.21. The summed E-state index contributed by atoms with van der Waals surface area (Å²) in [6.45, 7) is 1.55. The Morgan fingerprint density at radius 2 is 1.72 bits per heavy atom. The highest BCUT2D eigenvalue weighted by Gasteiger charge is 2.20. The van der Waals surface area contributed by atoms with Gasteiger partial charge in [0.25, 0.3) is 5.91 Å². The SMILES string of the molecule is COc1ccc(CC(=O)OC(C)C(=O)Nc2cccc3ccccc23)c(OC)c1. The summed E-state index contributed by atoms with van der Waals surface area (Å²) in [5, 5.41) is 4.77. The minimum atomic E-state index is -0.939. The maximum Gasteiger partial charge on any atom is 0.311 e. The first kappa shape index (κ1) is 20.2. The monoisotopic (exact) mass is 393 g/mol. The molecule has 3 aromatic carbocycles. The summed E-state index contributed by atoms with van der Waals surface area (Å²) in [5.41, 5.74) is 1.33. The zero-order valence-corrected chi connectivity index (χ0v) is 16.6. The average Bonchev–Trinajstić information content (AvgIpc) is 2.74. The van der Waals surface area contributed by atoms with E-state index in [2.05, 4.69) is 5.32 Å². The third-order valence-corrected chi connectivity index (χ3v) is 4.55. The van der Waals surface area contributed by atoms with Crippen LogP contribution in [0.1, 0.15) is 12.5 Å². The fourth-order valence-corrected chi connectivity index (χ4v) is 3.01. The maximum absolute atomic E-state index is 12.5. The fourth-order valence-electron chi connectivity index (χ4n) is 3.01. The molecule has 0 fully saturated rings. The topological polar surface area (TPSA) is 73.9 Å². The van der Waals surface area contributed by atoms with Crippen LogP contribution in [0.4, 0.5) is 5.69 Å². The van der Waals surface area contributed by atoms with Crippen LogP contribution in [0.15, 0.2) is 60.7 Å². The van der Waals surface area contributed by atoms with Crippen LogP contribution < -0.4 is 14.8 Å². The van der Waals surface area contributed by atoms with Gasteiger partial charge in [-0.25, -0.2) is 0 Å². The van der Waals surface area contributed by atoms with Crippen molar-refractivity contribution in [3.05, 3.63) is 66.2 Å². The quantitative estimate of drug-likeness (QED) is 0.615. The van der Waals surface area contributed by atoms with Gasteiger partial charge in [0.1, 0.15) is 11.5 Å². The zero-order valence-electron chi connectivity index (χ0n) is 16.6. The van der Waals surface area contributed by atoms with E-state index in [9.17, 15) is 9.59 Å². The van der Waals surface area contributed by atoms with Crippen molar-refractivity contribution in [3.8, 4) is 11.5 Å². The van der Waals surface area contributed by atoms with Crippen LogP contribution in [0.3, 0.4) is 0 Å². The molecule has 0 aliphatic carbocycles. The normalized spacial score (nSPS) is 11.6. The van der Waals surface area contributed by atoms with Crippen LogP contribution in [0.5, 0.6) is 11.5 Å². The van der Waals surface area contributed by atoms with Crippen molar-refractivity contribution in [1.29, 1.82) is 0 Å². The van der Waals surface area contributed by atoms with Gasteiger partial charge in [0, 0.05) is 22.7 Å². The molecule has 0 aliphatic rings. The first-order chi connectivity index (χ1) is 14.0. The number of ether oxygens (including phenoxy) is 3. The van der Waals surface area contributed by atoms with Gasteiger partial charge in [-0.3, -0.25) is 9.59 Å². The molecular weight excluding hydrogens is 370 g/mol. The second kappa shape index (κ2) is 9.10. The molecule has 29 heavy (non-hydrogen) atoms. The van der Waals surface area contributed by atoms with Gasteiger partial charge in [0.15, 0.2) is 6.10 Å². The lowest BCUT2D eigenvalue weighted by molar-refractivity contribution is -0.152. The van der Waals surface area contributed by atoms with Gasteiger partial charge in [0.2, 0.25) is 0 Å². The largest absolute Gasteiger partial charge is 0.497 e. The Morgan fingerprint density at radius 3 is 2.48 bits per heavy atom. The number of methoxy groups -OCH3 is 2. The molecule has 150 valence electrons. The summed E-state index contributed by atoms with van der Waals surface area (Å²) < 4.78 is 15.8. The Bertz CT molecular complexity index is 1030. The molecule has 0 saturated heterocycles. The zero-order chi connectivity index (χ0) is 20.8. The summed E-state index contributed by atoms with van der Waals surface area (Å²) >= 11 is 0. The lowest BCUT2D eigenvalue weighted by Gasteiger charge is -2.15. The molecular formula is C23H23NO5. The molecule has 0 bridgehead atoms. The van der Waals surface area contributed by atoms with E-state index in [0.717, 1.165) is 10.8 Å². The van der Waals surface area contributed by atoms with E-state index in [4.69, 9.17) is 14.2 Å². The summed E-state index contributed by atoms with van der Waals surface area (Å²) in [7, 11) is 3.07. The van der Waals surface area contributed by atoms with Crippen LogP contribution in [0, 0.1) is 0 Å². The molecule has 1 atom stereocenters. The number of hydrogen-bond donors (Lipinski definition) is 1. The van der Waals surface area contributed by atoms with E-state index in [-0.39, 0.29) is 6.42 Å². The van der Waals surface area contributed by atoms with Gasteiger partial charge < -0.3 is 19.5 Å². The molecule has 1 N–H and O–H groups in total. The smallest absolute Gasteiger partial charge is 0.311 e. The molecule has 3 rings (SSSR count). The van der Waals surface area contributed by atoms with Gasteiger partial charge in [-0.2, -0.15) is 0 Å². The van der Waals surface area contributed by atoms with E-state index in [1.165, 1.54) is 7.11 Å². The number of benzene rings is 3. The highest BCUT2D eigenvalue weighted by molar-refractivity contribution is 6.03. The van der Waals surface area contributed by atoms with Gasteiger partial charge in [-0.15, -0.1) is 0 Å². The van der Waals surface area contributed by atoms with Crippen LogP contribution in [-0.2, 0) is 20.7 Å². The Hall–Kier alpha value is -3.54. The van der Waals surface area contributed by atoms with Crippen molar-refractivity contribution >= 4 is 28.3 Å². The second-order valence-corrected chi connectivity index (χ2v) is 6.50. The van der Waals surface area contributed by atoms with Crippen molar-refractivity contribution in [3.63, 3.8) is 0 Å². The van der Waals surface area contributed by atoms with E-state index in [1.54, 1.807) is 32.2 Å². The molecule has 0 radical (unpaired) electrons. The van der Waals surface area contributed by atoms with Crippen LogP contribution in [-0.4, -0.2) is 32.2 Å². The van der Waals surface area contributed by atoms with Crippen LogP contribution in [0.25, 0.3) is 10.8 Å². The lowest BCUT2D eigenvalue weighted by atomic mass is 10.1. The van der Waals surface area contributed by atoms with E-state index in [1.807, 2.05) is 42.5 Å². The third-order valence-electron chi connectivity index (χ3n) is 4.55. The van der Waals surface area contributed by atoms with Crippen molar-refractivity contribution in [2.24, 2.45) is 0 Å². The molecule has 0 heterocycles. The molecule has 0 spiro atoms. The van der Waals surface area contributed by atoms with E-state index >= 15 is 0 Å². The number of hydrogen-bond acceptors (Lipinski definition) is 5. The maximum atomic E-state index is 12.5. The summed E-state index contributed by atoms with van der Waals surface area (Å²) in [5.74, 6) is 0.237. The number of carbonyl (C=O) groups is 2. The first-order valence-electron chi connectivity index (χ1n) is 9.21. The highest BCUT2D eigenvalue weighted by atomic mass is 16.5. The summed E-state index contributed by atoms with van der Waals surface area (Å²) in [6.07, 6.45) is -0.954. The number of amides is 1. The van der Waals surface area contributed by atoms with Gasteiger partial charge in [-0.1, -0.05) is 42.5 Å². The minimum Gasteiger partial charge on any atom is -0.497 e. The molecule has 6 heteroatoms. The molecule has 1 unspecified atom stereocenters. The van der Waals surface area contributed by atoms with Gasteiger partial charge in [-0.05, 0) is 24.4 Å². The standard InChI is InChI=1S/C23H23NO5/c1-15(23(26)24-20-10-6-8-16-7-4-5-9-19(16)20)29-22(25)13-17-11-12-18(27-2)14-21(17)28-3/h4-12,14-15H,13H2,1-3H3,(H,24,26). The Kier molecular flexibility index (Phi) is 6.34. The van der Waals surface area contributed by atoms with Crippen molar-refractivity contribution in [1.82, 2.24) is 0 Å². The lowest BCUT2D eigenvalue weighted by Crippen LogP contribution is -2.30. The molecule has 1 amide bonds. The van der Waals surface area contributed by atoms with Crippen molar-refractivity contribution in [2.75, 3.05) is 19.5 Å². The van der Waals surface area contributed by atoms with E-state index < -0.39 is 18.0 Å². The number of anilines is 1. The van der Waals surface area contributed by atoms with Crippen molar-refractivity contribution in [2.45, 2.75) is 19.4 Å². The summed E-state index contributed by atoms with van der Waals surface area (Å²) in [4.78, 5) is 24.8. The van der Waals surface area contributed by atoms with Crippen LogP contribution >= 0.6 is 0 Å². The predicted molar refractivity (Wildman–Crippen MR) is 111 cm³/mol. The Morgan fingerprint density at radius 1 is 0.966 bits per heavy atom. The van der Waals surface area contributed by atoms with Crippen LogP contribution in [0.2, 0.25) is 0 Å². The second-order valence-electron chi connectivity index (χ2n) is 6.50. The summed E-state index contributed by atoms with van der Waals surface area (Å²) in [6, 6.07) is 18.6. The fraction of sp³-hybridized carbons (Fsp3) is 0.217. The minimum absolute atomic E-state index is 0.0148. The van der Waals surface area contributed by atoms with Gasteiger partial charge >= 0.3 is 5.97 Å². The van der Waals surface area contributed by atoms with E-state index in [0.29, 0.717) is 22.7 Å². The van der Waals surface area contributed by atoms with Crippen molar-refractivity contribution < 1.29 is 23.8 Å². The molecule has 6 nitrogen and oxygen atoms in total. The number of esters is 1. The number of carbonyl (C=O) groups excluding carboxylic acids is 2. The highest BCUT2D eigenvalue weighted by Crippen LogP contribution is 2.26. The number of fused-ring (bicyclic) bond motifs is 1. The number of nitrogens with one attached hydrogen (secondary N) is 1. The molecule has 3 aromatic rings. The number of rotatable bonds is 7. The third kappa shape index (κ3) is 4.85. The Labute approximate surface area is 169 Å². The van der Waals surface area contributed by atoms with Gasteiger partial charge in [0.05, 0.1) is 20.6 Å². The molecule has 0 aliphatic heterocycles.